The molecule has 1 amide bonds. The van der Waals surface area contributed by atoms with E-state index in [-0.39, 0.29) is 12.3 Å². The number of carbonyl (C=O) groups excluding carboxylic acids is 1. The third kappa shape index (κ3) is 3.33. The zero-order valence-corrected chi connectivity index (χ0v) is 15.1. The van der Waals surface area contributed by atoms with Gasteiger partial charge in [-0.25, -0.2) is 4.98 Å². The van der Waals surface area contributed by atoms with Gasteiger partial charge >= 0.3 is 0 Å². The highest BCUT2D eigenvalue weighted by Crippen LogP contribution is 2.44. The Morgan fingerprint density at radius 1 is 1.28 bits per heavy atom. The number of amides is 1. The van der Waals surface area contributed by atoms with Gasteiger partial charge in [0.15, 0.2) is 5.11 Å². The average molecular weight is 357 g/mol. The minimum atomic E-state index is -0.157. The SMILES string of the molecule is Cn1c(CC(=O)NNC(=S)N[C@@H]2C[C@H]3CC[C@H]2C3)nc2ccccc21. The van der Waals surface area contributed by atoms with Crippen LogP contribution in [0.4, 0.5) is 0 Å². The molecule has 0 radical (unpaired) electrons. The minimum absolute atomic E-state index is 0.157. The van der Waals surface area contributed by atoms with E-state index in [0.717, 1.165) is 28.7 Å². The molecule has 2 aliphatic rings. The van der Waals surface area contributed by atoms with Crippen LogP contribution in [0.25, 0.3) is 11.0 Å². The molecule has 6 nitrogen and oxygen atoms in total. The third-order valence-electron chi connectivity index (χ3n) is 5.57. The summed E-state index contributed by atoms with van der Waals surface area (Å²) in [4.78, 5) is 16.7. The van der Waals surface area contributed by atoms with E-state index in [1.807, 2.05) is 35.9 Å². The maximum Gasteiger partial charge on any atom is 0.245 e. The van der Waals surface area contributed by atoms with Gasteiger partial charge in [0.1, 0.15) is 5.82 Å². The highest BCUT2D eigenvalue weighted by Gasteiger charge is 2.39. The summed E-state index contributed by atoms with van der Waals surface area (Å²) in [6, 6.07) is 8.31. The quantitative estimate of drug-likeness (QED) is 0.577. The van der Waals surface area contributed by atoms with E-state index in [0.29, 0.717) is 11.2 Å². The van der Waals surface area contributed by atoms with Crippen LogP contribution in [0.2, 0.25) is 0 Å². The van der Waals surface area contributed by atoms with Gasteiger partial charge < -0.3 is 9.88 Å². The second kappa shape index (κ2) is 6.63. The number of hydrogen-bond acceptors (Lipinski definition) is 3. The van der Waals surface area contributed by atoms with E-state index >= 15 is 0 Å². The molecule has 2 fully saturated rings. The Morgan fingerprint density at radius 2 is 2.12 bits per heavy atom. The Hall–Kier alpha value is -2.15. The summed E-state index contributed by atoms with van der Waals surface area (Å²) in [5.41, 5.74) is 7.42. The van der Waals surface area contributed by atoms with Crippen molar-refractivity contribution in [2.45, 2.75) is 38.1 Å². The first-order valence-corrected chi connectivity index (χ1v) is 9.26. The molecule has 3 atom stereocenters. The van der Waals surface area contributed by atoms with E-state index in [1.165, 1.54) is 25.7 Å². The number of aromatic nitrogens is 2. The summed E-state index contributed by atoms with van der Waals surface area (Å²) in [5.74, 6) is 2.17. The largest absolute Gasteiger partial charge is 0.358 e. The number of rotatable bonds is 3. The summed E-state index contributed by atoms with van der Waals surface area (Å²) >= 11 is 5.31. The van der Waals surface area contributed by atoms with Crippen LogP contribution in [0.1, 0.15) is 31.5 Å². The van der Waals surface area contributed by atoms with Crippen molar-refractivity contribution in [2.24, 2.45) is 18.9 Å². The molecule has 1 aromatic carbocycles. The van der Waals surface area contributed by atoms with Gasteiger partial charge in [0.2, 0.25) is 5.91 Å². The molecule has 2 saturated carbocycles. The van der Waals surface area contributed by atoms with Gasteiger partial charge in [-0.05, 0) is 55.4 Å². The molecule has 0 unspecified atom stereocenters. The smallest absolute Gasteiger partial charge is 0.245 e. The molecule has 132 valence electrons. The normalized spacial score (nSPS) is 24.4. The number of para-hydroxylation sites is 2. The second-order valence-corrected chi connectivity index (χ2v) is 7.59. The number of carbonyl (C=O) groups is 1. The van der Waals surface area contributed by atoms with Crippen LogP contribution >= 0.6 is 12.2 Å². The van der Waals surface area contributed by atoms with E-state index < -0.39 is 0 Å². The van der Waals surface area contributed by atoms with Crippen LogP contribution in [0.15, 0.2) is 24.3 Å². The number of fused-ring (bicyclic) bond motifs is 3. The number of hydrazine groups is 1. The molecule has 1 aromatic heterocycles. The summed E-state index contributed by atoms with van der Waals surface area (Å²) in [5, 5.41) is 3.84. The molecule has 0 aliphatic heterocycles. The van der Waals surface area contributed by atoms with Gasteiger partial charge in [0.25, 0.3) is 0 Å². The van der Waals surface area contributed by atoms with Gasteiger partial charge in [0.05, 0.1) is 17.5 Å². The molecule has 2 bridgehead atoms. The van der Waals surface area contributed by atoms with Crippen LogP contribution in [-0.4, -0.2) is 26.6 Å². The van der Waals surface area contributed by atoms with Crippen LogP contribution < -0.4 is 16.2 Å². The molecule has 0 saturated heterocycles. The van der Waals surface area contributed by atoms with Crippen molar-refractivity contribution in [2.75, 3.05) is 0 Å². The predicted molar refractivity (Wildman–Crippen MR) is 101 cm³/mol. The first kappa shape index (κ1) is 16.3. The maximum atomic E-state index is 12.2. The van der Waals surface area contributed by atoms with E-state index in [2.05, 4.69) is 21.2 Å². The lowest BCUT2D eigenvalue weighted by molar-refractivity contribution is -0.121. The van der Waals surface area contributed by atoms with E-state index in [1.54, 1.807) is 0 Å². The zero-order valence-electron chi connectivity index (χ0n) is 14.3. The first-order chi connectivity index (χ1) is 12.1. The van der Waals surface area contributed by atoms with Crippen molar-refractivity contribution in [3.05, 3.63) is 30.1 Å². The Kier molecular flexibility index (Phi) is 4.33. The van der Waals surface area contributed by atoms with Gasteiger partial charge in [0, 0.05) is 13.1 Å². The van der Waals surface area contributed by atoms with Crippen molar-refractivity contribution in [1.82, 2.24) is 25.7 Å². The highest BCUT2D eigenvalue weighted by atomic mass is 32.1. The fourth-order valence-corrected chi connectivity index (χ4v) is 4.50. The zero-order chi connectivity index (χ0) is 17.4. The standard InChI is InChI=1S/C18H23N5OS/c1-23-15-5-3-2-4-13(15)19-16(23)10-17(24)21-22-18(25)20-14-9-11-6-7-12(14)8-11/h2-5,11-12,14H,6-10H2,1H3,(H,21,24)(H2,20,22,25)/t11-,12-,14+/m0/s1. The number of aryl methyl sites for hydroxylation is 1. The van der Waals surface area contributed by atoms with Gasteiger partial charge in [-0.15, -0.1) is 0 Å². The minimum Gasteiger partial charge on any atom is -0.358 e. The highest BCUT2D eigenvalue weighted by molar-refractivity contribution is 7.80. The predicted octanol–water partition coefficient (Wildman–Crippen LogP) is 1.80. The van der Waals surface area contributed by atoms with E-state index in [4.69, 9.17) is 12.2 Å². The molecule has 3 N–H and O–H groups in total. The molecule has 7 heteroatoms. The molecular formula is C18H23N5OS. The lowest BCUT2D eigenvalue weighted by Crippen LogP contribution is -2.51. The van der Waals surface area contributed by atoms with Crippen molar-refractivity contribution in [3.8, 4) is 0 Å². The fraction of sp³-hybridized carbons (Fsp3) is 0.500. The molecule has 2 aromatic rings. The Bertz CT molecular complexity index is 817. The third-order valence-corrected chi connectivity index (χ3v) is 5.79. The van der Waals surface area contributed by atoms with Crippen molar-refractivity contribution in [1.29, 1.82) is 0 Å². The molecule has 2 aliphatic carbocycles. The first-order valence-electron chi connectivity index (χ1n) is 8.86. The number of nitrogens with zero attached hydrogens (tertiary/aromatic N) is 2. The number of nitrogens with one attached hydrogen (secondary N) is 3. The topological polar surface area (TPSA) is 71.0 Å². The van der Waals surface area contributed by atoms with Crippen LogP contribution in [0, 0.1) is 11.8 Å². The monoisotopic (exact) mass is 357 g/mol. The fourth-order valence-electron chi connectivity index (χ4n) is 4.29. The second-order valence-electron chi connectivity index (χ2n) is 7.18. The average Bonchev–Trinajstić information content (AvgIpc) is 3.29. The Balaban J connectivity index is 1.28. The van der Waals surface area contributed by atoms with Crippen molar-refractivity contribution in [3.63, 3.8) is 0 Å². The molecular weight excluding hydrogens is 334 g/mol. The molecule has 0 spiro atoms. The maximum absolute atomic E-state index is 12.2. The van der Waals surface area contributed by atoms with Crippen molar-refractivity contribution >= 4 is 34.3 Å². The number of thiocarbonyl (C=S) groups is 1. The number of imidazole rings is 1. The van der Waals surface area contributed by atoms with Crippen LogP contribution in [0.5, 0.6) is 0 Å². The summed E-state index contributed by atoms with van der Waals surface area (Å²) in [6.07, 6.45) is 5.37. The molecule has 1 heterocycles. The summed E-state index contributed by atoms with van der Waals surface area (Å²) < 4.78 is 1.95. The number of benzene rings is 1. The summed E-state index contributed by atoms with van der Waals surface area (Å²) in [7, 11) is 1.92. The Labute approximate surface area is 152 Å². The van der Waals surface area contributed by atoms with Crippen LogP contribution in [-0.2, 0) is 18.3 Å². The van der Waals surface area contributed by atoms with Crippen molar-refractivity contribution < 1.29 is 4.79 Å². The van der Waals surface area contributed by atoms with E-state index in [9.17, 15) is 4.79 Å². The van der Waals surface area contributed by atoms with Gasteiger partial charge in [-0.3, -0.25) is 15.6 Å². The Morgan fingerprint density at radius 3 is 2.84 bits per heavy atom. The number of hydrogen-bond donors (Lipinski definition) is 3. The van der Waals surface area contributed by atoms with Gasteiger partial charge in [-0.1, -0.05) is 18.6 Å². The lowest BCUT2D eigenvalue weighted by atomic mass is 9.96. The lowest BCUT2D eigenvalue weighted by Gasteiger charge is -2.24. The van der Waals surface area contributed by atoms with Gasteiger partial charge in [-0.2, -0.15) is 0 Å². The molecule has 25 heavy (non-hydrogen) atoms. The molecule has 4 rings (SSSR count). The summed E-state index contributed by atoms with van der Waals surface area (Å²) in [6.45, 7) is 0. The van der Waals surface area contributed by atoms with Crippen LogP contribution in [0.3, 0.4) is 0 Å².